The molecule has 0 saturated heterocycles. The first-order valence-electron chi connectivity index (χ1n) is 7.56. The topological polar surface area (TPSA) is 60.4 Å². The standard InChI is InChI=1S/C17H17ClO4/c1-2-22-16(21)13-14(19)11-9-10(18)5-6-12(11)17(15(13)20)7-3-4-8-17/h5-6,9,13H,2-4,7-8H2,1H3. The average Bonchev–Trinajstić information content (AvgIpc) is 2.96. The second-order valence-corrected chi connectivity index (χ2v) is 6.33. The van der Waals surface area contributed by atoms with Crippen LogP contribution in [0.5, 0.6) is 0 Å². The van der Waals surface area contributed by atoms with E-state index in [9.17, 15) is 14.4 Å². The summed E-state index contributed by atoms with van der Waals surface area (Å²) in [5.74, 6) is -2.87. The van der Waals surface area contributed by atoms with Crippen LogP contribution in [0.15, 0.2) is 18.2 Å². The first-order chi connectivity index (χ1) is 10.5. The number of ether oxygens (including phenoxy) is 1. The van der Waals surface area contributed by atoms with Crippen LogP contribution in [0.2, 0.25) is 5.02 Å². The molecule has 5 heteroatoms. The minimum Gasteiger partial charge on any atom is -0.465 e. The van der Waals surface area contributed by atoms with Crippen molar-refractivity contribution in [2.45, 2.75) is 38.0 Å². The first kappa shape index (κ1) is 15.2. The lowest BCUT2D eigenvalue weighted by molar-refractivity contribution is -0.151. The third kappa shape index (κ3) is 2.09. The van der Waals surface area contributed by atoms with Crippen molar-refractivity contribution >= 4 is 29.1 Å². The minimum absolute atomic E-state index is 0.144. The van der Waals surface area contributed by atoms with E-state index in [-0.39, 0.29) is 12.4 Å². The van der Waals surface area contributed by atoms with Crippen molar-refractivity contribution in [2.24, 2.45) is 5.92 Å². The number of halogens is 1. The Balaban J connectivity index is 2.17. The number of rotatable bonds is 2. The maximum absolute atomic E-state index is 13.0. The summed E-state index contributed by atoms with van der Waals surface area (Å²) in [6.07, 6.45) is 3.17. The number of Topliss-reactive ketones (excluding diaryl/α,β-unsaturated/α-hetero) is 2. The Kier molecular flexibility index (Phi) is 3.81. The van der Waals surface area contributed by atoms with E-state index >= 15 is 0 Å². The Morgan fingerprint density at radius 2 is 2.00 bits per heavy atom. The highest BCUT2D eigenvalue weighted by Gasteiger charge is 2.55. The fraction of sp³-hybridized carbons (Fsp3) is 0.471. The van der Waals surface area contributed by atoms with Crippen LogP contribution < -0.4 is 0 Å². The lowest BCUT2D eigenvalue weighted by Crippen LogP contribution is -2.50. The molecule has 1 spiro atoms. The van der Waals surface area contributed by atoms with Gasteiger partial charge in [0.05, 0.1) is 12.0 Å². The number of esters is 1. The van der Waals surface area contributed by atoms with Crippen molar-refractivity contribution < 1.29 is 19.1 Å². The second-order valence-electron chi connectivity index (χ2n) is 5.89. The van der Waals surface area contributed by atoms with E-state index in [4.69, 9.17) is 16.3 Å². The normalized spacial score (nSPS) is 22.7. The summed E-state index contributed by atoms with van der Waals surface area (Å²) in [7, 11) is 0. The maximum atomic E-state index is 13.0. The van der Waals surface area contributed by atoms with E-state index in [1.54, 1.807) is 25.1 Å². The summed E-state index contributed by atoms with van der Waals surface area (Å²) >= 11 is 6.01. The van der Waals surface area contributed by atoms with E-state index in [1.165, 1.54) is 0 Å². The molecule has 1 aromatic rings. The summed E-state index contributed by atoms with van der Waals surface area (Å²) < 4.78 is 4.96. The van der Waals surface area contributed by atoms with E-state index < -0.39 is 23.1 Å². The highest BCUT2D eigenvalue weighted by molar-refractivity contribution is 6.32. The molecule has 22 heavy (non-hydrogen) atoms. The van der Waals surface area contributed by atoms with Crippen molar-refractivity contribution in [1.82, 2.24) is 0 Å². The van der Waals surface area contributed by atoms with Crippen molar-refractivity contribution in [1.29, 1.82) is 0 Å². The molecule has 1 unspecified atom stereocenters. The Bertz CT molecular complexity index is 659. The van der Waals surface area contributed by atoms with Crippen LogP contribution in [0.4, 0.5) is 0 Å². The monoisotopic (exact) mass is 320 g/mol. The Hall–Kier alpha value is -1.68. The Morgan fingerprint density at radius 1 is 1.32 bits per heavy atom. The van der Waals surface area contributed by atoms with Crippen LogP contribution in [0, 0.1) is 5.92 Å². The molecule has 0 amide bonds. The van der Waals surface area contributed by atoms with Gasteiger partial charge in [0.2, 0.25) is 0 Å². The van der Waals surface area contributed by atoms with Gasteiger partial charge in [0.15, 0.2) is 17.5 Å². The molecule has 0 aromatic heterocycles. The van der Waals surface area contributed by atoms with Crippen LogP contribution in [-0.2, 0) is 19.7 Å². The number of carbonyl (C=O) groups excluding carboxylic acids is 3. The van der Waals surface area contributed by atoms with Gasteiger partial charge in [-0.15, -0.1) is 0 Å². The summed E-state index contributed by atoms with van der Waals surface area (Å²) in [6, 6.07) is 5.03. The zero-order chi connectivity index (χ0) is 15.9. The third-order valence-electron chi connectivity index (χ3n) is 4.74. The third-order valence-corrected chi connectivity index (χ3v) is 4.97. The van der Waals surface area contributed by atoms with Gasteiger partial charge in [0.1, 0.15) is 0 Å². The van der Waals surface area contributed by atoms with Gasteiger partial charge in [-0.25, -0.2) is 0 Å². The largest absolute Gasteiger partial charge is 0.465 e. The maximum Gasteiger partial charge on any atom is 0.324 e. The van der Waals surface area contributed by atoms with Crippen LogP contribution >= 0.6 is 11.6 Å². The van der Waals surface area contributed by atoms with Crippen molar-refractivity contribution in [3.05, 3.63) is 34.3 Å². The molecule has 1 aromatic carbocycles. The van der Waals surface area contributed by atoms with Crippen LogP contribution in [0.1, 0.15) is 48.5 Å². The molecule has 116 valence electrons. The smallest absolute Gasteiger partial charge is 0.324 e. The molecule has 0 bridgehead atoms. The number of carbonyl (C=O) groups is 3. The molecule has 1 saturated carbocycles. The zero-order valence-corrected chi connectivity index (χ0v) is 13.1. The lowest BCUT2D eigenvalue weighted by Gasteiger charge is -2.36. The lowest BCUT2D eigenvalue weighted by atomic mass is 9.63. The molecular formula is C17H17ClO4. The molecule has 0 aliphatic heterocycles. The van der Waals surface area contributed by atoms with Gasteiger partial charge in [0, 0.05) is 10.6 Å². The summed E-state index contributed by atoms with van der Waals surface area (Å²) in [5.41, 5.74) is 0.391. The van der Waals surface area contributed by atoms with E-state index in [0.717, 1.165) is 18.4 Å². The van der Waals surface area contributed by atoms with E-state index in [0.29, 0.717) is 23.4 Å². The number of fused-ring (bicyclic) bond motifs is 2. The van der Waals surface area contributed by atoms with Gasteiger partial charge < -0.3 is 4.74 Å². The number of benzene rings is 1. The molecule has 4 nitrogen and oxygen atoms in total. The quantitative estimate of drug-likeness (QED) is 0.620. The van der Waals surface area contributed by atoms with Gasteiger partial charge in [-0.2, -0.15) is 0 Å². The first-order valence-corrected chi connectivity index (χ1v) is 7.94. The van der Waals surface area contributed by atoms with Gasteiger partial charge in [-0.1, -0.05) is 30.5 Å². The highest BCUT2D eigenvalue weighted by atomic mass is 35.5. The molecule has 1 atom stereocenters. The van der Waals surface area contributed by atoms with Gasteiger partial charge >= 0.3 is 5.97 Å². The Morgan fingerprint density at radius 3 is 2.64 bits per heavy atom. The molecule has 2 aliphatic rings. The Labute approximate surface area is 133 Å². The predicted molar refractivity (Wildman–Crippen MR) is 81.1 cm³/mol. The predicted octanol–water partition coefficient (Wildman–Crippen LogP) is 3.10. The van der Waals surface area contributed by atoms with Crippen LogP contribution in [-0.4, -0.2) is 24.1 Å². The van der Waals surface area contributed by atoms with Gasteiger partial charge in [0.25, 0.3) is 0 Å². The molecule has 3 rings (SSSR count). The summed E-state index contributed by atoms with van der Waals surface area (Å²) in [5, 5.41) is 0.428. The fourth-order valence-corrected chi connectivity index (χ4v) is 3.93. The van der Waals surface area contributed by atoms with Crippen molar-refractivity contribution in [3.63, 3.8) is 0 Å². The molecule has 0 radical (unpaired) electrons. The van der Waals surface area contributed by atoms with Crippen LogP contribution in [0.25, 0.3) is 0 Å². The van der Waals surface area contributed by atoms with E-state index in [2.05, 4.69) is 0 Å². The number of hydrogen-bond acceptors (Lipinski definition) is 4. The van der Waals surface area contributed by atoms with Gasteiger partial charge in [-0.3, -0.25) is 14.4 Å². The van der Waals surface area contributed by atoms with Crippen molar-refractivity contribution in [2.75, 3.05) is 6.61 Å². The fourth-order valence-electron chi connectivity index (χ4n) is 3.76. The van der Waals surface area contributed by atoms with Crippen molar-refractivity contribution in [3.8, 4) is 0 Å². The highest BCUT2D eigenvalue weighted by Crippen LogP contribution is 2.48. The average molecular weight is 321 g/mol. The summed E-state index contributed by atoms with van der Waals surface area (Å²) in [6.45, 7) is 1.80. The molecule has 1 fully saturated rings. The summed E-state index contributed by atoms with van der Waals surface area (Å²) in [4.78, 5) is 37.8. The number of hydrogen-bond donors (Lipinski definition) is 0. The SMILES string of the molecule is CCOC(=O)C1C(=O)c2cc(Cl)ccc2C2(CCCC2)C1=O. The number of ketones is 2. The second kappa shape index (κ2) is 5.51. The molecular weight excluding hydrogens is 304 g/mol. The minimum atomic E-state index is -1.34. The molecule has 2 aliphatic carbocycles. The van der Waals surface area contributed by atoms with E-state index in [1.807, 2.05) is 0 Å². The zero-order valence-electron chi connectivity index (χ0n) is 12.4. The van der Waals surface area contributed by atoms with Gasteiger partial charge in [-0.05, 0) is 37.5 Å². The molecule has 0 N–H and O–H groups in total. The van der Waals surface area contributed by atoms with Crippen LogP contribution in [0.3, 0.4) is 0 Å². The molecule has 0 heterocycles.